The molecule has 1 aromatic carbocycles. The Kier molecular flexibility index (Phi) is 10.2. The highest BCUT2D eigenvalue weighted by molar-refractivity contribution is 7.15. The van der Waals surface area contributed by atoms with Gasteiger partial charge in [0.15, 0.2) is 5.82 Å². The lowest BCUT2D eigenvalue weighted by atomic mass is 9.88. The third kappa shape index (κ3) is 7.41. The summed E-state index contributed by atoms with van der Waals surface area (Å²) < 4.78 is 4.01. The fourth-order valence-electron chi connectivity index (χ4n) is 8.63. The molecule has 292 valence electrons. The van der Waals surface area contributed by atoms with E-state index in [1.54, 1.807) is 22.6 Å². The van der Waals surface area contributed by atoms with Crippen molar-refractivity contribution in [2.24, 2.45) is 16.8 Å². The molecule has 0 bridgehead atoms. The van der Waals surface area contributed by atoms with Crippen LogP contribution in [0.5, 0.6) is 0 Å². The van der Waals surface area contributed by atoms with Crippen molar-refractivity contribution in [3.8, 4) is 16.8 Å². The predicted molar refractivity (Wildman–Crippen MR) is 217 cm³/mol. The molecule has 4 atom stereocenters. The van der Waals surface area contributed by atoms with Gasteiger partial charge in [0.1, 0.15) is 23.4 Å². The first-order valence-corrected chi connectivity index (χ1v) is 20.8. The number of allylic oxidation sites excluding steroid dienone is 2. The van der Waals surface area contributed by atoms with E-state index in [0.29, 0.717) is 23.9 Å². The normalized spacial score (nSPS) is 23.6. The van der Waals surface area contributed by atoms with Gasteiger partial charge in [-0.25, -0.2) is 0 Å². The van der Waals surface area contributed by atoms with E-state index < -0.39 is 6.04 Å². The molecule has 13 nitrogen and oxygen atoms in total. The van der Waals surface area contributed by atoms with Gasteiger partial charge in [0, 0.05) is 59.4 Å². The number of aromatic nitrogens is 5. The molecule has 15 heteroatoms. The number of hydrogen-bond acceptors (Lipinski definition) is 10. The van der Waals surface area contributed by atoms with Crippen LogP contribution in [0.15, 0.2) is 71.8 Å². The standard InChI is InChI=1S/C42H43ClN10O3S/c1-25-35(57-42-37(25)38(29-7-9-30(43)10-8-29)47-26(2)39-49-45-24-53(39)42)12-6-28-21-46-51(22-28)19-18-50-16-14-27(15-17-50)20-44-33-5-3-4-31-32(33)23-52(41(31)56)34-11-13-36(54)48-40(34)55/h3-5,7-10,21-22,24,26-27,32-34,44H,11,13-20,23H2,1-2H3,(H,48,54,55)/t26-,32?,33?,34?/m0/s1. The highest BCUT2D eigenvalue weighted by atomic mass is 35.5. The first-order valence-electron chi connectivity index (χ1n) is 19.6. The first kappa shape index (κ1) is 37.4. The van der Waals surface area contributed by atoms with Crippen molar-refractivity contribution < 1.29 is 14.4 Å². The SMILES string of the molecule is Cc1c(C#Cc2cnn(CCN3CCC(CNC4C=CC=C5C(=O)N(C6CCC(=O)NC6=O)CC54)CC3)c2)sc2c1C(c1ccc(Cl)cc1)=N[C@@H](C)c1nncn1-2. The monoisotopic (exact) mass is 802 g/mol. The number of benzene rings is 1. The van der Waals surface area contributed by atoms with E-state index in [4.69, 9.17) is 16.6 Å². The Balaban J connectivity index is 0.782. The number of amides is 3. The number of carbonyl (C=O) groups excluding carboxylic acids is 3. The number of thiophene rings is 1. The number of rotatable bonds is 8. The zero-order valence-electron chi connectivity index (χ0n) is 31.8. The summed E-state index contributed by atoms with van der Waals surface area (Å²) in [7, 11) is 0. The van der Waals surface area contributed by atoms with Gasteiger partial charge in [0.25, 0.3) is 5.91 Å². The molecule has 3 fully saturated rings. The lowest BCUT2D eigenvalue weighted by molar-refractivity contribution is -0.142. The number of nitrogens with zero attached hydrogens (tertiary/aromatic N) is 8. The molecule has 0 spiro atoms. The van der Waals surface area contributed by atoms with Gasteiger partial charge in [-0.15, -0.1) is 21.5 Å². The van der Waals surface area contributed by atoms with Crippen molar-refractivity contribution in [2.45, 2.75) is 64.2 Å². The molecule has 3 unspecified atom stereocenters. The van der Waals surface area contributed by atoms with E-state index in [1.165, 1.54) is 0 Å². The van der Waals surface area contributed by atoms with E-state index in [1.807, 2.05) is 65.0 Å². The van der Waals surface area contributed by atoms with Crippen molar-refractivity contribution in [2.75, 3.05) is 32.7 Å². The topological polar surface area (TPSA) is 143 Å². The molecule has 3 saturated heterocycles. The van der Waals surface area contributed by atoms with E-state index in [2.05, 4.69) is 55.7 Å². The molecule has 0 radical (unpaired) electrons. The molecule has 57 heavy (non-hydrogen) atoms. The molecule has 3 aromatic heterocycles. The van der Waals surface area contributed by atoms with Gasteiger partial charge in [0.05, 0.1) is 28.9 Å². The van der Waals surface area contributed by atoms with Crippen LogP contribution < -0.4 is 10.6 Å². The maximum Gasteiger partial charge on any atom is 0.250 e. The Hall–Kier alpha value is -5.20. The van der Waals surface area contributed by atoms with Crippen LogP contribution in [0.3, 0.4) is 0 Å². The fourth-order valence-corrected chi connectivity index (χ4v) is 9.89. The second kappa shape index (κ2) is 15.6. The van der Waals surface area contributed by atoms with Gasteiger partial charge in [-0.3, -0.25) is 33.9 Å². The van der Waals surface area contributed by atoms with E-state index in [0.717, 1.165) is 94.8 Å². The van der Waals surface area contributed by atoms with Gasteiger partial charge in [-0.1, -0.05) is 53.8 Å². The van der Waals surface area contributed by atoms with Crippen LogP contribution in [0, 0.1) is 30.6 Å². The fraction of sp³-hybridized carbons (Fsp3) is 0.405. The lowest BCUT2D eigenvalue weighted by Gasteiger charge is -2.34. The molecule has 2 N–H and O–H groups in total. The molecule has 3 amide bonds. The van der Waals surface area contributed by atoms with Crippen LogP contribution in [0.25, 0.3) is 5.00 Å². The molecule has 4 aromatic rings. The number of imide groups is 1. The average Bonchev–Trinajstić information content (AvgIpc) is 4.01. The number of hydrogen-bond donors (Lipinski definition) is 2. The smallest absolute Gasteiger partial charge is 0.250 e. The summed E-state index contributed by atoms with van der Waals surface area (Å²) in [6, 6.07) is 7.08. The van der Waals surface area contributed by atoms with Gasteiger partial charge in [-0.05, 0) is 76.4 Å². The second-order valence-electron chi connectivity index (χ2n) is 15.5. The quantitative estimate of drug-likeness (QED) is 0.199. The molecule has 1 aliphatic carbocycles. The first-order chi connectivity index (χ1) is 27.7. The zero-order valence-corrected chi connectivity index (χ0v) is 33.4. The summed E-state index contributed by atoms with van der Waals surface area (Å²) >= 11 is 7.85. The molecule has 9 rings (SSSR count). The van der Waals surface area contributed by atoms with Gasteiger partial charge in [-0.2, -0.15) is 5.10 Å². The summed E-state index contributed by atoms with van der Waals surface area (Å²) in [6.07, 6.45) is 14.4. The molecular formula is C42H43ClN10O3S. The van der Waals surface area contributed by atoms with Gasteiger partial charge < -0.3 is 15.1 Å². The van der Waals surface area contributed by atoms with Crippen LogP contribution >= 0.6 is 22.9 Å². The Bertz CT molecular complexity index is 2390. The minimum absolute atomic E-state index is 0.00430. The minimum atomic E-state index is -0.583. The van der Waals surface area contributed by atoms with Crippen molar-refractivity contribution >= 4 is 46.4 Å². The van der Waals surface area contributed by atoms with Gasteiger partial charge in [0.2, 0.25) is 11.8 Å². The molecule has 0 saturated carbocycles. The number of carbonyl (C=O) groups is 3. The third-order valence-corrected chi connectivity index (χ3v) is 13.3. The summed E-state index contributed by atoms with van der Waals surface area (Å²) in [5.74, 6) is 7.39. The van der Waals surface area contributed by atoms with Crippen LogP contribution in [0.4, 0.5) is 0 Å². The van der Waals surface area contributed by atoms with Crippen LogP contribution in [-0.2, 0) is 20.9 Å². The Morgan fingerprint density at radius 3 is 2.70 bits per heavy atom. The van der Waals surface area contributed by atoms with Crippen molar-refractivity contribution in [3.05, 3.63) is 105 Å². The van der Waals surface area contributed by atoms with Crippen LogP contribution in [0.2, 0.25) is 5.02 Å². The van der Waals surface area contributed by atoms with E-state index in [-0.39, 0.29) is 42.1 Å². The number of nitrogens with one attached hydrogen (secondary N) is 2. The summed E-state index contributed by atoms with van der Waals surface area (Å²) in [5, 5.41) is 21.0. The molecule has 5 aliphatic rings. The van der Waals surface area contributed by atoms with Crippen LogP contribution in [-0.4, -0.2) is 103 Å². The number of likely N-dealkylation sites (tertiary alicyclic amines) is 2. The molecular weight excluding hydrogens is 760 g/mol. The maximum absolute atomic E-state index is 13.3. The summed E-state index contributed by atoms with van der Waals surface area (Å²) in [6.45, 7) is 9.24. The highest BCUT2D eigenvalue weighted by Gasteiger charge is 2.45. The molecule has 7 heterocycles. The predicted octanol–water partition coefficient (Wildman–Crippen LogP) is 4.23. The van der Waals surface area contributed by atoms with E-state index >= 15 is 0 Å². The zero-order chi connectivity index (χ0) is 39.2. The summed E-state index contributed by atoms with van der Waals surface area (Å²) in [5.41, 5.74) is 5.61. The van der Waals surface area contributed by atoms with Crippen molar-refractivity contribution in [3.63, 3.8) is 0 Å². The largest absolute Gasteiger partial charge is 0.326 e. The van der Waals surface area contributed by atoms with Gasteiger partial charge >= 0.3 is 0 Å². The highest BCUT2D eigenvalue weighted by Crippen LogP contribution is 2.38. The molecule has 4 aliphatic heterocycles. The third-order valence-electron chi connectivity index (χ3n) is 11.8. The maximum atomic E-state index is 13.3. The lowest BCUT2D eigenvalue weighted by Crippen LogP contribution is -2.53. The number of fused-ring (bicyclic) bond motifs is 4. The van der Waals surface area contributed by atoms with Crippen molar-refractivity contribution in [1.29, 1.82) is 0 Å². The summed E-state index contributed by atoms with van der Waals surface area (Å²) in [4.78, 5) is 47.7. The van der Waals surface area contributed by atoms with Crippen molar-refractivity contribution in [1.82, 2.24) is 45.0 Å². The minimum Gasteiger partial charge on any atom is -0.326 e. The number of aliphatic imine (C=N–C) groups is 1. The van der Waals surface area contributed by atoms with E-state index in [9.17, 15) is 14.4 Å². The van der Waals surface area contributed by atoms with Crippen LogP contribution in [0.1, 0.15) is 71.6 Å². The number of halogens is 1. The number of piperidine rings is 2. The average molecular weight is 803 g/mol. The second-order valence-corrected chi connectivity index (χ2v) is 16.9. The Morgan fingerprint density at radius 1 is 1.07 bits per heavy atom. The Labute approximate surface area is 339 Å². The Morgan fingerprint density at radius 2 is 1.89 bits per heavy atom.